The molecule has 1 aliphatic rings. The zero-order valence-electron chi connectivity index (χ0n) is 14.3. The van der Waals surface area contributed by atoms with Crippen LogP contribution in [0.5, 0.6) is 0 Å². The van der Waals surface area contributed by atoms with Gasteiger partial charge in [-0.05, 0) is 50.8 Å². The van der Waals surface area contributed by atoms with Gasteiger partial charge in [-0.3, -0.25) is 9.59 Å². The van der Waals surface area contributed by atoms with Crippen LogP contribution < -0.4 is 5.73 Å². The first-order valence-corrected chi connectivity index (χ1v) is 8.37. The van der Waals surface area contributed by atoms with Crippen LogP contribution in [0.3, 0.4) is 0 Å². The summed E-state index contributed by atoms with van der Waals surface area (Å²) in [4.78, 5) is 25.3. The quantitative estimate of drug-likeness (QED) is 0.846. The molecule has 5 nitrogen and oxygen atoms in total. The highest BCUT2D eigenvalue weighted by Crippen LogP contribution is 2.19. The van der Waals surface area contributed by atoms with Crippen LogP contribution in [0.4, 0.5) is 0 Å². The van der Waals surface area contributed by atoms with E-state index in [0.717, 1.165) is 18.5 Å². The number of aromatic nitrogens is 1. The standard InChI is InChI=1S/C18H27N3O2/c1-4-9-21-13(2)12-16(14(21)3)5-6-17(22)20-10-7-15(8-11-20)18(19)23/h5-6,12,15H,4,7-11H2,1-3H3,(H2,19,23). The Hall–Kier alpha value is -2.04. The van der Waals surface area contributed by atoms with Crippen LogP contribution in [0.15, 0.2) is 12.1 Å². The van der Waals surface area contributed by atoms with E-state index >= 15 is 0 Å². The fourth-order valence-corrected chi connectivity index (χ4v) is 3.22. The fraction of sp³-hybridized carbons (Fsp3) is 0.556. The van der Waals surface area contributed by atoms with Gasteiger partial charge in [-0.1, -0.05) is 6.92 Å². The number of hydrogen-bond acceptors (Lipinski definition) is 2. The van der Waals surface area contributed by atoms with Gasteiger partial charge in [0.2, 0.25) is 11.8 Å². The summed E-state index contributed by atoms with van der Waals surface area (Å²) in [6, 6.07) is 2.12. The van der Waals surface area contributed by atoms with Crippen LogP contribution in [-0.2, 0) is 16.1 Å². The number of carbonyl (C=O) groups is 2. The third kappa shape index (κ3) is 4.03. The smallest absolute Gasteiger partial charge is 0.246 e. The molecule has 5 heteroatoms. The Morgan fingerprint density at radius 2 is 1.96 bits per heavy atom. The SMILES string of the molecule is CCCn1c(C)cc(C=CC(=O)N2CCC(C(N)=O)CC2)c1C. The summed E-state index contributed by atoms with van der Waals surface area (Å²) >= 11 is 0. The predicted molar refractivity (Wildman–Crippen MR) is 91.7 cm³/mol. The molecule has 0 atom stereocenters. The van der Waals surface area contributed by atoms with Crippen molar-refractivity contribution in [2.75, 3.05) is 13.1 Å². The summed E-state index contributed by atoms with van der Waals surface area (Å²) in [5, 5.41) is 0. The van der Waals surface area contributed by atoms with Crippen LogP contribution in [0.1, 0.15) is 43.1 Å². The van der Waals surface area contributed by atoms with E-state index in [1.807, 2.05) is 6.08 Å². The third-order valence-corrected chi connectivity index (χ3v) is 4.67. The summed E-state index contributed by atoms with van der Waals surface area (Å²) in [6.07, 6.45) is 5.97. The maximum absolute atomic E-state index is 12.3. The van der Waals surface area contributed by atoms with Crippen molar-refractivity contribution < 1.29 is 9.59 Å². The molecule has 1 saturated heterocycles. The van der Waals surface area contributed by atoms with E-state index < -0.39 is 0 Å². The normalized spacial score (nSPS) is 16.2. The zero-order valence-corrected chi connectivity index (χ0v) is 14.3. The highest BCUT2D eigenvalue weighted by atomic mass is 16.2. The summed E-state index contributed by atoms with van der Waals surface area (Å²) in [5.41, 5.74) is 8.83. The van der Waals surface area contributed by atoms with E-state index in [0.29, 0.717) is 25.9 Å². The van der Waals surface area contributed by atoms with Crippen molar-refractivity contribution in [3.63, 3.8) is 0 Å². The minimum absolute atomic E-state index is 0.00761. The van der Waals surface area contributed by atoms with Crippen LogP contribution >= 0.6 is 0 Å². The van der Waals surface area contributed by atoms with E-state index in [-0.39, 0.29) is 17.7 Å². The second-order valence-corrected chi connectivity index (χ2v) is 6.31. The van der Waals surface area contributed by atoms with Gasteiger partial charge in [-0.25, -0.2) is 0 Å². The Labute approximate surface area is 138 Å². The third-order valence-electron chi connectivity index (χ3n) is 4.67. The lowest BCUT2D eigenvalue weighted by Crippen LogP contribution is -2.41. The molecular formula is C18H27N3O2. The minimum atomic E-state index is -0.254. The molecule has 1 aliphatic heterocycles. The number of amides is 2. The molecular weight excluding hydrogens is 290 g/mol. The Bertz CT molecular complexity index is 608. The second kappa shape index (κ2) is 7.49. The average Bonchev–Trinajstić information content (AvgIpc) is 2.80. The van der Waals surface area contributed by atoms with Crippen LogP contribution in [0.25, 0.3) is 6.08 Å². The molecule has 1 aromatic heterocycles. The minimum Gasteiger partial charge on any atom is -0.369 e. The lowest BCUT2D eigenvalue weighted by atomic mass is 9.96. The largest absolute Gasteiger partial charge is 0.369 e. The Morgan fingerprint density at radius 1 is 1.30 bits per heavy atom. The van der Waals surface area contributed by atoms with Crippen molar-refractivity contribution in [2.45, 2.75) is 46.6 Å². The molecule has 126 valence electrons. The van der Waals surface area contributed by atoms with E-state index in [1.54, 1.807) is 11.0 Å². The summed E-state index contributed by atoms with van der Waals surface area (Å²) in [7, 11) is 0. The van der Waals surface area contributed by atoms with Crippen molar-refractivity contribution >= 4 is 17.9 Å². The van der Waals surface area contributed by atoms with Gasteiger partial charge < -0.3 is 15.2 Å². The van der Waals surface area contributed by atoms with Gasteiger partial charge in [0.25, 0.3) is 0 Å². The molecule has 0 radical (unpaired) electrons. The number of carbonyl (C=O) groups excluding carboxylic acids is 2. The first-order valence-electron chi connectivity index (χ1n) is 8.37. The molecule has 0 unspecified atom stereocenters. The maximum atomic E-state index is 12.3. The van der Waals surface area contributed by atoms with E-state index in [4.69, 9.17) is 5.73 Å². The van der Waals surface area contributed by atoms with Crippen LogP contribution in [0.2, 0.25) is 0 Å². The molecule has 0 saturated carbocycles. The Kier molecular flexibility index (Phi) is 5.64. The molecule has 1 aromatic rings. The number of primary amides is 1. The summed E-state index contributed by atoms with van der Waals surface area (Å²) in [6.45, 7) is 8.55. The van der Waals surface area contributed by atoms with Gasteiger partial charge in [-0.15, -0.1) is 0 Å². The molecule has 0 aliphatic carbocycles. The van der Waals surface area contributed by atoms with Crippen molar-refractivity contribution in [1.82, 2.24) is 9.47 Å². The molecule has 2 rings (SSSR count). The molecule has 1 fully saturated rings. The number of piperidine rings is 1. The van der Waals surface area contributed by atoms with E-state index in [9.17, 15) is 9.59 Å². The first kappa shape index (κ1) is 17.3. The Balaban J connectivity index is 1.99. The predicted octanol–water partition coefficient (Wildman–Crippen LogP) is 2.25. The summed E-state index contributed by atoms with van der Waals surface area (Å²) in [5.74, 6) is -0.333. The van der Waals surface area contributed by atoms with Crippen LogP contribution in [-0.4, -0.2) is 34.4 Å². The van der Waals surface area contributed by atoms with Crippen molar-refractivity contribution in [3.05, 3.63) is 29.1 Å². The lowest BCUT2D eigenvalue weighted by Gasteiger charge is -2.29. The molecule has 2 amide bonds. The molecule has 0 bridgehead atoms. The van der Waals surface area contributed by atoms with Gasteiger partial charge in [0.05, 0.1) is 0 Å². The number of nitrogens with zero attached hydrogens (tertiary/aromatic N) is 2. The topological polar surface area (TPSA) is 68.3 Å². The van der Waals surface area contributed by atoms with E-state index in [2.05, 4.69) is 31.4 Å². The number of aryl methyl sites for hydroxylation is 1. The molecule has 2 N–H and O–H groups in total. The number of likely N-dealkylation sites (tertiary alicyclic amines) is 1. The molecule has 0 aromatic carbocycles. The van der Waals surface area contributed by atoms with Gasteiger partial charge in [0.1, 0.15) is 0 Å². The van der Waals surface area contributed by atoms with Crippen molar-refractivity contribution in [3.8, 4) is 0 Å². The number of hydrogen-bond donors (Lipinski definition) is 1. The van der Waals surface area contributed by atoms with Gasteiger partial charge in [0, 0.05) is 43.0 Å². The monoisotopic (exact) mass is 317 g/mol. The number of nitrogens with two attached hydrogens (primary N) is 1. The second-order valence-electron chi connectivity index (χ2n) is 6.31. The lowest BCUT2D eigenvalue weighted by molar-refractivity contribution is -0.130. The van der Waals surface area contributed by atoms with Gasteiger partial charge in [-0.2, -0.15) is 0 Å². The summed E-state index contributed by atoms with van der Waals surface area (Å²) < 4.78 is 2.28. The van der Waals surface area contributed by atoms with Gasteiger partial charge >= 0.3 is 0 Å². The first-order chi connectivity index (χ1) is 10.9. The average molecular weight is 317 g/mol. The van der Waals surface area contributed by atoms with Gasteiger partial charge in [0.15, 0.2) is 0 Å². The highest BCUT2D eigenvalue weighted by molar-refractivity contribution is 5.92. The van der Waals surface area contributed by atoms with Crippen molar-refractivity contribution in [2.24, 2.45) is 11.7 Å². The fourth-order valence-electron chi connectivity index (χ4n) is 3.22. The molecule has 23 heavy (non-hydrogen) atoms. The zero-order chi connectivity index (χ0) is 17.0. The molecule has 0 spiro atoms. The number of rotatable bonds is 5. The molecule has 2 heterocycles. The highest BCUT2D eigenvalue weighted by Gasteiger charge is 2.24. The van der Waals surface area contributed by atoms with Crippen molar-refractivity contribution in [1.29, 1.82) is 0 Å². The van der Waals surface area contributed by atoms with E-state index in [1.165, 1.54) is 11.4 Å². The Morgan fingerprint density at radius 3 is 2.52 bits per heavy atom. The van der Waals surface area contributed by atoms with Crippen LogP contribution in [0, 0.1) is 19.8 Å². The maximum Gasteiger partial charge on any atom is 0.246 e.